The summed E-state index contributed by atoms with van der Waals surface area (Å²) in [7, 11) is 0. The maximum Gasteiger partial charge on any atom is 0.414 e. The van der Waals surface area contributed by atoms with Crippen molar-refractivity contribution in [1.29, 1.82) is 0 Å². The number of carbonyl (C=O) groups is 2. The van der Waals surface area contributed by atoms with E-state index >= 15 is 0 Å². The molecule has 0 bridgehead atoms. The van der Waals surface area contributed by atoms with Gasteiger partial charge in [0, 0.05) is 37.3 Å². The third-order valence-corrected chi connectivity index (χ3v) is 6.43. The van der Waals surface area contributed by atoms with E-state index in [1.807, 2.05) is 22.8 Å². The van der Waals surface area contributed by atoms with Crippen molar-refractivity contribution in [2.75, 3.05) is 36.5 Å². The van der Waals surface area contributed by atoms with Crippen LogP contribution in [0.25, 0.3) is 10.9 Å². The Morgan fingerprint density at radius 1 is 1.03 bits per heavy atom. The summed E-state index contributed by atoms with van der Waals surface area (Å²) < 4.78 is 12.8. The quantitative estimate of drug-likeness (QED) is 0.622. The van der Waals surface area contributed by atoms with Gasteiger partial charge in [-0.05, 0) is 35.2 Å². The molecule has 2 atom stereocenters. The summed E-state index contributed by atoms with van der Waals surface area (Å²) in [4.78, 5) is 37.9. The number of fused-ring (bicyclic) bond motifs is 1. The molecule has 3 aliphatic heterocycles. The number of anilines is 2. The summed E-state index contributed by atoms with van der Waals surface area (Å²) in [5.41, 5.74) is 3.39. The van der Waals surface area contributed by atoms with Crippen LogP contribution in [-0.4, -0.2) is 48.9 Å². The topological polar surface area (TPSA) is 102 Å². The first kappa shape index (κ1) is 19.8. The zero-order valence-corrected chi connectivity index (χ0v) is 17.7. The number of hydrogen-bond donors (Lipinski definition) is 2. The second kappa shape index (κ2) is 7.63. The highest BCUT2D eigenvalue weighted by Crippen LogP contribution is 2.34. The molecule has 3 aliphatic rings. The van der Waals surface area contributed by atoms with Crippen LogP contribution < -0.4 is 25.8 Å². The van der Waals surface area contributed by atoms with Crippen LogP contribution in [0.2, 0.25) is 0 Å². The van der Waals surface area contributed by atoms with Gasteiger partial charge in [0.15, 0.2) is 6.61 Å². The minimum absolute atomic E-state index is 0.0128. The molecule has 6 rings (SSSR count). The fourth-order valence-corrected chi connectivity index (χ4v) is 4.89. The van der Waals surface area contributed by atoms with E-state index in [4.69, 9.17) is 9.47 Å². The van der Waals surface area contributed by atoms with Crippen LogP contribution in [0, 0.1) is 0 Å². The smallest absolute Gasteiger partial charge is 0.414 e. The van der Waals surface area contributed by atoms with Crippen molar-refractivity contribution in [3.8, 4) is 5.75 Å². The standard InChI is InChI=1S/C24H22N4O5/c29-21-13-32-20-6-5-16(8-19(20)26-21)27-12-17(33-24(27)31)10-25-9-15-11-28-22(30)7-4-14-2-1-3-18(15)23(14)28/h1-8,15,17,25H,9-13H2,(H,26,29)/t15-,17-/m1/s1. The van der Waals surface area contributed by atoms with Crippen molar-refractivity contribution in [1.82, 2.24) is 9.88 Å². The summed E-state index contributed by atoms with van der Waals surface area (Å²) >= 11 is 0. The number of cyclic esters (lactones) is 1. The van der Waals surface area contributed by atoms with Crippen molar-refractivity contribution < 1.29 is 19.1 Å². The number of hydrogen-bond acceptors (Lipinski definition) is 6. The van der Waals surface area contributed by atoms with Gasteiger partial charge in [-0.2, -0.15) is 0 Å². The molecule has 0 aliphatic carbocycles. The summed E-state index contributed by atoms with van der Waals surface area (Å²) in [6, 6.07) is 14.9. The van der Waals surface area contributed by atoms with Gasteiger partial charge >= 0.3 is 6.09 Å². The van der Waals surface area contributed by atoms with Crippen LogP contribution in [0.5, 0.6) is 5.75 Å². The highest BCUT2D eigenvalue weighted by atomic mass is 16.6. The van der Waals surface area contributed by atoms with Gasteiger partial charge in [-0.25, -0.2) is 4.79 Å². The van der Waals surface area contributed by atoms with E-state index in [-0.39, 0.29) is 30.1 Å². The fraction of sp³-hybridized carbons (Fsp3) is 0.292. The second-order valence-corrected chi connectivity index (χ2v) is 8.56. The van der Waals surface area contributed by atoms with Crippen LogP contribution in [-0.2, 0) is 16.1 Å². The molecule has 0 spiro atoms. The number of rotatable bonds is 5. The largest absolute Gasteiger partial charge is 0.482 e. The minimum atomic E-state index is -0.422. The molecule has 0 radical (unpaired) electrons. The Morgan fingerprint density at radius 3 is 2.85 bits per heavy atom. The van der Waals surface area contributed by atoms with Crippen LogP contribution in [0.4, 0.5) is 16.2 Å². The molecule has 2 N–H and O–H groups in total. The molecule has 1 saturated heterocycles. The molecule has 168 valence electrons. The minimum Gasteiger partial charge on any atom is -0.482 e. The fourth-order valence-electron chi connectivity index (χ4n) is 4.89. The molecule has 3 aromatic rings. The molecule has 1 aromatic heterocycles. The Hall–Kier alpha value is -3.85. The average Bonchev–Trinajstić information content (AvgIpc) is 3.38. The van der Waals surface area contributed by atoms with Crippen molar-refractivity contribution in [2.24, 2.45) is 0 Å². The maximum absolute atomic E-state index is 12.5. The molecular weight excluding hydrogens is 424 g/mol. The van der Waals surface area contributed by atoms with Crippen molar-refractivity contribution in [2.45, 2.75) is 18.6 Å². The van der Waals surface area contributed by atoms with Crippen LogP contribution in [0.3, 0.4) is 0 Å². The van der Waals surface area contributed by atoms with Gasteiger partial charge in [0.05, 0.1) is 17.7 Å². The van der Waals surface area contributed by atoms with Crippen LogP contribution in [0.15, 0.2) is 53.3 Å². The molecule has 2 amide bonds. The van der Waals surface area contributed by atoms with Crippen molar-refractivity contribution in [3.63, 3.8) is 0 Å². The van der Waals surface area contributed by atoms with Crippen molar-refractivity contribution >= 4 is 34.3 Å². The molecule has 2 aromatic carbocycles. The van der Waals surface area contributed by atoms with Crippen molar-refractivity contribution in [3.05, 3.63) is 64.4 Å². The normalized spacial score (nSPS) is 21.0. The Morgan fingerprint density at radius 2 is 1.94 bits per heavy atom. The summed E-state index contributed by atoms with van der Waals surface area (Å²) in [6.45, 7) is 2.21. The second-order valence-electron chi connectivity index (χ2n) is 8.56. The summed E-state index contributed by atoms with van der Waals surface area (Å²) in [6.07, 6.45) is -0.726. The molecule has 0 unspecified atom stereocenters. The number of ether oxygens (including phenoxy) is 2. The zero-order chi connectivity index (χ0) is 22.5. The molecule has 1 fully saturated rings. The molecule has 0 saturated carbocycles. The van der Waals surface area contributed by atoms with E-state index in [9.17, 15) is 14.4 Å². The number of pyridine rings is 1. The highest BCUT2D eigenvalue weighted by molar-refractivity contribution is 5.97. The number of amides is 2. The summed E-state index contributed by atoms with van der Waals surface area (Å²) in [5, 5.41) is 7.25. The van der Waals surface area contributed by atoms with Gasteiger partial charge < -0.3 is 24.7 Å². The summed E-state index contributed by atoms with van der Waals surface area (Å²) in [5.74, 6) is 0.537. The Balaban J connectivity index is 1.10. The Bertz CT molecular complexity index is 1350. The van der Waals surface area contributed by atoms with Gasteiger partial charge in [-0.1, -0.05) is 18.2 Å². The third kappa shape index (κ3) is 3.41. The van der Waals surface area contributed by atoms with Crippen LogP contribution >= 0.6 is 0 Å². The number of carbonyl (C=O) groups excluding carboxylic acids is 2. The molecule has 9 nitrogen and oxygen atoms in total. The number of nitrogens with one attached hydrogen (secondary N) is 2. The number of para-hydroxylation sites is 1. The maximum atomic E-state index is 12.5. The lowest BCUT2D eigenvalue weighted by atomic mass is 10.00. The predicted molar refractivity (Wildman–Crippen MR) is 122 cm³/mol. The molecule has 9 heteroatoms. The Kier molecular flexibility index (Phi) is 4.58. The van der Waals surface area contributed by atoms with Gasteiger partial charge in [0.25, 0.3) is 11.5 Å². The van der Waals surface area contributed by atoms with E-state index in [1.165, 1.54) is 5.56 Å². The Labute approximate surface area is 188 Å². The van der Waals surface area contributed by atoms with Crippen LogP contribution in [0.1, 0.15) is 11.5 Å². The van der Waals surface area contributed by atoms with E-state index < -0.39 is 6.09 Å². The number of nitrogens with zero attached hydrogens (tertiary/aromatic N) is 2. The SMILES string of the molecule is O=C1COc2ccc(N3C[C@@H](CNC[C@@H]4Cn5c(=O)ccc6cccc4c65)OC3=O)cc2N1. The van der Waals surface area contributed by atoms with Gasteiger partial charge in [0.1, 0.15) is 11.9 Å². The monoisotopic (exact) mass is 446 g/mol. The first-order valence-corrected chi connectivity index (χ1v) is 10.9. The first-order chi connectivity index (χ1) is 16.1. The lowest BCUT2D eigenvalue weighted by molar-refractivity contribution is -0.118. The van der Waals surface area contributed by atoms with E-state index in [0.29, 0.717) is 43.3 Å². The average molecular weight is 446 g/mol. The zero-order valence-electron chi connectivity index (χ0n) is 17.7. The van der Waals surface area contributed by atoms with E-state index in [2.05, 4.69) is 16.7 Å². The molecular formula is C24H22N4O5. The number of aromatic nitrogens is 1. The van der Waals surface area contributed by atoms with Gasteiger partial charge in [-0.3, -0.25) is 14.5 Å². The lowest BCUT2D eigenvalue weighted by Gasteiger charge is -2.20. The van der Waals surface area contributed by atoms with E-state index in [0.717, 1.165) is 10.9 Å². The van der Waals surface area contributed by atoms with Gasteiger partial charge in [0.2, 0.25) is 0 Å². The van der Waals surface area contributed by atoms with Gasteiger partial charge in [-0.15, -0.1) is 0 Å². The first-order valence-electron chi connectivity index (χ1n) is 10.9. The lowest BCUT2D eigenvalue weighted by Crippen LogP contribution is -2.33. The third-order valence-electron chi connectivity index (χ3n) is 6.43. The predicted octanol–water partition coefficient (Wildman–Crippen LogP) is 2.04. The van der Waals surface area contributed by atoms with E-state index in [1.54, 1.807) is 29.2 Å². The molecule has 33 heavy (non-hydrogen) atoms. The molecule has 4 heterocycles. The number of benzene rings is 2. The highest BCUT2D eigenvalue weighted by Gasteiger charge is 2.33.